The lowest BCUT2D eigenvalue weighted by atomic mass is 10.1. The maximum absolute atomic E-state index is 13.0. The van der Waals surface area contributed by atoms with E-state index < -0.39 is 18.0 Å². The minimum Gasteiger partial charge on any atom is -0.399 e. The average molecular weight is 280 g/mol. The van der Waals surface area contributed by atoms with Crippen molar-refractivity contribution < 1.29 is 26.7 Å². The van der Waals surface area contributed by atoms with Gasteiger partial charge in [-0.15, -0.1) is 0 Å². The van der Waals surface area contributed by atoms with E-state index in [-0.39, 0.29) is 18.7 Å². The highest BCUT2D eigenvalue weighted by Gasteiger charge is 2.65. The minimum atomic E-state index is -5.90. The molecule has 0 saturated carbocycles. The van der Waals surface area contributed by atoms with Crippen molar-refractivity contribution in [1.29, 1.82) is 0 Å². The molecule has 1 aliphatic heterocycles. The lowest BCUT2D eigenvalue weighted by molar-refractivity contribution is -0.268. The van der Waals surface area contributed by atoms with Gasteiger partial charge in [-0.1, -0.05) is 0 Å². The number of benzene rings is 1. The molecule has 8 heteroatoms. The van der Waals surface area contributed by atoms with Crippen LogP contribution in [0.2, 0.25) is 0 Å². The lowest BCUT2D eigenvalue weighted by Crippen LogP contribution is -2.51. The van der Waals surface area contributed by atoms with E-state index >= 15 is 0 Å². The van der Waals surface area contributed by atoms with Crippen molar-refractivity contribution in [3.8, 4) is 0 Å². The molecule has 1 aromatic rings. The highest BCUT2D eigenvalue weighted by molar-refractivity contribution is 6.00. The van der Waals surface area contributed by atoms with Gasteiger partial charge in [0.05, 0.1) is 0 Å². The minimum absolute atomic E-state index is 0.0446. The summed E-state index contributed by atoms with van der Waals surface area (Å²) in [5, 5.41) is 0. The van der Waals surface area contributed by atoms with Gasteiger partial charge in [0.1, 0.15) is 0 Å². The first-order chi connectivity index (χ1) is 8.64. The number of hydrogen-bond donors (Lipinski definition) is 1. The van der Waals surface area contributed by atoms with E-state index in [4.69, 9.17) is 5.73 Å². The number of alkyl halides is 5. The maximum Gasteiger partial charge on any atom is 0.463 e. The molecule has 3 nitrogen and oxygen atoms in total. The van der Waals surface area contributed by atoms with Crippen LogP contribution < -0.4 is 10.6 Å². The van der Waals surface area contributed by atoms with Gasteiger partial charge in [-0.05, 0) is 30.2 Å². The molecule has 1 aromatic carbocycles. The molecule has 1 amide bonds. The molecule has 104 valence electrons. The van der Waals surface area contributed by atoms with E-state index in [2.05, 4.69) is 0 Å². The molecule has 0 radical (unpaired) electrons. The Bertz CT molecular complexity index is 526. The number of nitrogen functional groups attached to an aromatic ring is 1. The first kappa shape index (κ1) is 13.6. The Morgan fingerprint density at radius 2 is 1.84 bits per heavy atom. The van der Waals surface area contributed by atoms with Crippen molar-refractivity contribution >= 4 is 17.3 Å². The summed E-state index contributed by atoms with van der Waals surface area (Å²) in [6.07, 6.45) is -5.71. The fourth-order valence-electron chi connectivity index (χ4n) is 1.92. The van der Waals surface area contributed by atoms with Crippen LogP contribution in [-0.2, 0) is 11.2 Å². The summed E-state index contributed by atoms with van der Waals surface area (Å²) in [6, 6.07) is 4.06. The summed E-state index contributed by atoms with van der Waals surface area (Å²) in [6.45, 7) is -0.219. The van der Waals surface area contributed by atoms with Gasteiger partial charge >= 0.3 is 18.0 Å². The third-order valence-electron chi connectivity index (χ3n) is 2.87. The average Bonchev–Trinajstić information content (AvgIpc) is 2.69. The predicted molar refractivity (Wildman–Crippen MR) is 57.9 cm³/mol. The molecule has 19 heavy (non-hydrogen) atoms. The summed E-state index contributed by atoms with van der Waals surface area (Å²) >= 11 is 0. The largest absolute Gasteiger partial charge is 0.463 e. The Labute approximate surface area is 104 Å². The number of anilines is 2. The monoisotopic (exact) mass is 280 g/mol. The Kier molecular flexibility index (Phi) is 2.91. The Balaban J connectivity index is 2.35. The number of nitrogens with zero attached hydrogens (tertiary/aromatic N) is 1. The summed E-state index contributed by atoms with van der Waals surface area (Å²) < 4.78 is 62.5. The second-order valence-electron chi connectivity index (χ2n) is 4.17. The standard InChI is InChI=1S/C11H9F5N2O/c12-10(13,11(14,15)16)9(19)18-4-3-6-5-7(17)1-2-8(6)18/h1-2,5H,3-4,17H2. The van der Waals surface area contributed by atoms with Gasteiger partial charge in [0, 0.05) is 17.9 Å². The molecule has 2 rings (SSSR count). The zero-order chi connectivity index (χ0) is 14.4. The molecule has 2 N–H and O–H groups in total. The molecule has 0 unspecified atom stereocenters. The van der Waals surface area contributed by atoms with Gasteiger partial charge in [-0.2, -0.15) is 22.0 Å². The number of carbonyl (C=O) groups is 1. The van der Waals surface area contributed by atoms with Crippen molar-refractivity contribution in [1.82, 2.24) is 0 Å². The van der Waals surface area contributed by atoms with E-state index in [0.717, 1.165) is 0 Å². The maximum atomic E-state index is 13.0. The van der Waals surface area contributed by atoms with Crippen molar-refractivity contribution in [2.24, 2.45) is 0 Å². The van der Waals surface area contributed by atoms with Crippen LogP contribution in [-0.4, -0.2) is 24.6 Å². The first-order valence-corrected chi connectivity index (χ1v) is 5.29. The van der Waals surface area contributed by atoms with Crippen molar-refractivity contribution in [3.05, 3.63) is 23.8 Å². The smallest absolute Gasteiger partial charge is 0.399 e. The van der Waals surface area contributed by atoms with Crippen molar-refractivity contribution in [2.75, 3.05) is 17.2 Å². The fourth-order valence-corrected chi connectivity index (χ4v) is 1.92. The van der Waals surface area contributed by atoms with Gasteiger partial charge < -0.3 is 10.6 Å². The number of nitrogens with two attached hydrogens (primary N) is 1. The molecule has 0 bridgehead atoms. The van der Waals surface area contributed by atoms with Crippen LogP contribution in [0.15, 0.2) is 18.2 Å². The Hall–Kier alpha value is -1.86. The molecule has 0 aliphatic carbocycles. The normalized spacial score (nSPS) is 15.5. The lowest BCUT2D eigenvalue weighted by Gasteiger charge is -2.25. The van der Waals surface area contributed by atoms with Gasteiger partial charge in [0.15, 0.2) is 0 Å². The van der Waals surface area contributed by atoms with E-state index in [1.165, 1.54) is 18.2 Å². The second-order valence-corrected chi connectivity index (χ2v) is 4.17. The quantitative estimate of drug-likeness (QED) is 0.634. The molecular weight excluding hydrogens is 271 g/mol. The third kappa shape index (κ3) is 2.11. The zero-order valence-corrected chi connectivity index (χ0v) is 9.47. The Morgan fingerprint density at radius 3 is 2.42 bits per heavy atom. The van der Waals surface area contributed by atoms with Gasteiger partial charge in [0.2, 0.25) is 0 Å². The predicted octanol–water partition coefficient (Wildman–Crippen LogP) is 2.36. The topological polar surface area (TPSA) is 46.3 Å². The zero-order valence-electron chi connectivity index (χ0n) is 9.47. The number of amides is 1. The van der Waals surface area contributed by atoms with Crippen LogP contribution in [0.1, 0.15) is 5.56 Å². The molecule has 0 aromatic heterocycles. The van der Waals surface area contributed by atoms with Crippen LogP contribution in [0.25, 0.3) is 0 Å². The molecule has 0 spiro atoms. The van der Waals surface area contributed by atoms with E-state index in [0.29, 0.717) is 16.2 Å². The summed E-state index contributed by atoms with van der Waals surface area (Å²) in [4.78, 5) is 11.8. The van der Waals surface area contributed by atoms with Gasteiger partial charge in [0.25, 0.3) is 0 Å². The molecule has 1 heterocycles. The van der Waals surface area contributed by atoms with Crippen LogP contribution in [0.3, 0.4) is 0 Å². The highest BCUT2D eigenvalue weighted by Crippen LogP contribution is 2.40. The molecule has 0 fully saturated rings. The fraction of sp³-hybridized carbons (Fsp3) is 0.364. The van der Waals surface area contributed by atoms with E-state index in [1.54, 1.807) is 0 Å². The highest BCUT2D eigenvalue weighted by atomic mass is 19.4. The first-order valence-electron chi connectivity index (χ1n) is 5.29. The summed E-state index contributed by atoms with van der Waals surface area (Å²) in [5.41, 5.74) is 6.36. The number of carbonyl (C=O) groups excluding carboxylic acids is 1. The SMILES string of the molecule is Nc1ccc2c(c1)CCN2C(=O)C(F)(F)C(F)(F)F. The second kappa shape index (κ2) is 4.07. The summed E-state index contributed by atoms with van der Waals surface area (Å²) in [7, 11) is 0. The van der Waals surface area contributed by atoms with Gasteiger partial charge in [-0.3, -0.25) is 4.79 Å². The Morgan fingerprint density at radius 1 is 1.21 bits per heavy atom. The van der Waals surface area contributed by atoms with Crippen molar-refractivity contribution in [3.63, 3.8) is 0 Å². The van der Waals surface area contributed by atoms with Crippen LogP contribution in [0, 0.1) is 0 Å². The molecule has 0 saturated heterocycles. The van der Waals surface area contributed by atoms with E-state index in [1.807, 2.05) is 0 Å². The number of fused-ring (bicyclic) bond motifs is 1. The van der Waals surface area contributed by atoms with Crippen LogP contribution in [0.5, 0.6) is 0 Å². The molecule has 1 aliphatic rings. The van der Waals surface area contributed by atoms with Crippen LogP contribution >= 0.6 is 0 Å². The molecular formula is C11H9F5N2O. The van der Waals surface area contributed by atoms with Crippen LogP contribution in [0.4, 0.5) is 33.3 Å². The summed E-state index contributed by atoms with van der Waals surface area (Å²) in [5.74, 6) is -7.65. The van der Waals surface area contributed by atoms with Crippen molar-refractivity contribution in [2.45, 2.75) is 18.5 Å². The van der Waals surface area contributed by atoms with Gasteiger partial charge in [-0.25, -0.2) is 0 Å². The number of hydrogen-bond acceptors (Lipinski definition) is 2. The number of rotatable bonds is 1. The molecule has 0 atom stereocenters. The third-order valence-corrected chi connectivity index (χ3v) is 2.87. The van der Waals surface area contributed by atoms with E-state index in [9.17, 15) is 26.7 Å². The number of halogens is 5.